The number of hydrogen-bond acceptors (Lipinski definition) is 2. The SMILES string of the molecule is CCC(N)Cc1c(F)cccc1-n1cc(Cl)c(C)n1. The molecule has 0 spiro atoms. The average molecular weight is 282 g/mol. The zero-order chi connectivity index (χ0) is 14.0. The first kappa shape index (κ1) is 14.0. The molecule has 0 amide bonds. The van der Waals surface area contributed by atoms with E-state index in [9.17, 15) is 4.39 Å². The zero-order valence-corrected chi connectivity index (χ0v) is 11.8. The summed E-state index contributed by atoms with van der Waals surface area (Å²) in [6.45, 7) is 3.80. The van der Waals surface area contributed by atoms with E-state index in [1.807, 2.05) is 19.9 Å². The molecule has 2 aromatic rings. The van der Waals surface area contributed by atoms with Gasteiger partial charge in [-0.15, -0.1) is 0 Å². The lowest BCUT2D eigenvalue weighted by Crippen LogP contribution is -2.23. The Hall–Kier alpha value is -1.39. The molecule has 0 aliphatic carbocycles. The van der Waals surface area contributed by atoms with Crippen molar-refractivity contribution in [3.8, 4) is 5.69 Å². The summed E-state index contributed by atoms with van der Waals surface area (Å²) < 4.78 is 15.6. The van der Waals surface area contributed by atoms with E-state index in [-0.39, 0.29) is 11.9 Å². The highest BCUT2D eigenvalue weighted by Gasteiger charge is 2.14. The van der Waals surface area contributed by atoms with Gasteiger partial charge >= 0.3 is 0 Å². The van der Waals surface area contributed by atoms with Gasteiger partial charge in [-0.3, -0.25) is 0 Å². The summed E-state index contributed by atoms with van der Waals surface area (Å²) in [4.78, 5) is 0. The van der Waals surface area contributed by atoms with Gasteiger partial charge in [-0.05, 0) is 31.9 Å². The molecular formula is C14H17ClFN3. The molecule has 2 rings (SSSR count). The van der Waals surface area contributed by atoms with Gasteiger partial charge in [0, 0.05) is 17.8 Å². The quantitative estimate of drug-likeness (QED) is 0.935. The van der Waals surface area contributed by atoms with Crippen LogP contribution in [0.15, 0.2) is 24.4 Å². The monoisotopic (exact) mass is 281 g/mol. The van der Waals surface area contributed by atoms with Crippen molar-refractivity contribution in [1.29, 1.82) is 0 Å². The normalized spacial score (nSPS) is 12.7. The smallest absolute Gasteiger partial charge is 0.128 e. The minimum atomic E-state index is -0.259. The van der Waals surface area contributed by atoms with Gasteiger partial charge in [0.25, 0.3) is 0 Å². The Labute approximate surface area is 117 Å². The lowest BCUT2D eigenvalue weighted by molar-refractivity contribution is 0.574. The molecule has 1 atom stereocenters. The lowest BCUT2D eigenvalue weighted by Gasteiger charge is -2.14. The van der Waals surface area contributed by atoms with Crippen LogP contribution in [0, 0.1) is 12.7 Å². The lowest BCUT2D eigenvalue weighted by atomic mass is 10.0. The summed E-state index contributed by atoms with van der Waals surface area (Å²) >= 11 is 6.00. The van der Waals surface area contributed by atoms with E-state index >= 15 is 0 Å². The van der Waals surface area contributed by atoms with Gasteiger partial charge in [-0.1, -0.05) is 24.6 Å². The van der Waals surface area contributed by atoms with E-state index < -0.39 is 0 Å². The van der Waals surface area contributed by atoms with Crippen molar-refractivity contribution in [2.45, 2.75) is 32.7 Å². The van der Waals surface area contributed by atoms with Crippen LogP contribution in [0.4, 0.5) is 4.39 Å². The topological polar surface area (TPSA) is 43.8 Å². The summed E-state index contributed by atoms with van der Waals surface area (Å²) in [5, 5.41) is 4.86. The molecule has 1 heterocycles. The van der Waals surface area contributed by atoms with E-state index in [1.165, 1.54) is 6.07 Å². The van der Waals surface area contributed by atoms with E-state index in [4.69, 9.17) is 17.3 Å². The third kappa shape index (κ3) is 2.96. The van der Waals surface area contributed by atoms with Crippen LogP contribution in [-0.4, -0.2) is 15.8 Å². The maximum absolute atomic E-state index is 14.0. The van der Waals surface area contributed by atoms with Crippen LogP contribution in [0.25, 0.3) is 5.69 Å². The van der Waals surface area contributed by atoms with Crippen molar-refractivity contribution >= 4 is 11.6 Å². The molecule has 1 unspecified atom stereocenters. The number of halogens is 2. The molecule has 102 valence electrons. The van der Waals surface area contributed by atoms with Crippen molar-refractivity contribution < 1.29 is 4.39 Å². The molecule has 3 nitrogen and oxygen atoms in total. The fourth-order valence-electron chi connectivity index (χ4n) is 1.93. The highest BCUT2D eigenvalue weighted by molar-refractivity contribution is 6.31. The van der Waals surface area contributed by atoms with Crippen LogP contribution in [0.5, 0.6) is 0 Å². The number of rotatable bonds is 4. The summed E-state index contributed by atoms with van der Waals surface area (Å²) in [6, 6.07) is 4.86. The average Bonchev–Trinajstić information content (AvgIpc) is 2.71. The predicted octanol–water partition coefficient (Wildman–Crippen LogP) is 3.25. The number of benzene rings is 1. The molecule has 19 heavy (non-hydrogen) atoms. The molecule has 0 radical (unpaired) electrons. The predicted molar refractivity (Wildman–Crippen MR) is 75.2 cm³/mol. The van der Waals surface area contributed by atoms with Crippen molar-refractivity contribution in [3.05, 3.63) is 46.5 Å². The Kier molecular flexibility index (Phi) is 4.22. The summed E-state index contributed by atoms with van der Waals surface area (Å²) in [5.74, 6) is -0.259. The van der Waals surface area contributed by atoms with E-state index in [0.29, 0.717) is 22.7 Å². The van der Waals surface area contributed by atoms with E-state index in [0.717, 1.165) is 12.1 Å². The molecule has 0 bridgehead atoms. The number of nitrogens with zero attached hydrogens (tertiary/aromatic N) is 2. The van der Waals surface area contributed by atoms with Gasteiger partial charge in [-0.25, -0.2) is 9.07 Å². The third-order valence-electron chi connectivity index (χ3n) is 3.17. The molecule has 1 aromatic carbocycles. The summed E-state index contributed by atoms with van der Waals surface area (Å²) in [5.41, 5.74) is 7.93. The minimum absolute atomic E-state index is 0.0669. The van der Waals surface area contributed by atoms with Gasteiger partial charge < -0.3 is 5.73 Å². The molecule has 0 fully saturated rings. The van der Waals surface area contributed by atoms with Crippen LogP contribution < -0.4 is 5.73 Å². The first-order valence-corrected chi connectivity index (χ1v) is 6.65. The molecule has 2 N–H and O–H groups in total. The molecule has 5 heteroatoms. The minimum Gasteiger partial charge on any atom is -0.327 e. The van der Waals surface area contributed by atoms with Crippen molar-refractivity contribution in [1.82, 2.24) is 9.78 Å². The van der Waals surface area contributed by atoms with Crippen molar-refractivity contribution in [2.75, 3.05) is 0 Å². The fraction of sp³-hybridized carbons (Fsp3) is 0.357. The second-order valence-corrected chi connectivity index (χ2v) is 5.02. The fourth-order valence-corrected chi connectivity index (χ4v) is 2.06. The van der Waals surface area contributed by atoms with Gasteiger partial charge in [0.2, 0.25) is 0 Å². The van der Waals surface area contributed by atoms with Crippen molar-refractivity contribution in [2.24, 2.45) is 5.73 Å². The van der Waals surface area contributed by atoms with Crippen LogP contribution in [0.1, 0.15) is 24.6 Å². The number of aryl methyl sites for hydroxylation is 1. The highest BCUT2D eigenvalue weighted by atomic mass is 35.5. The Balaban J connectivity index is 2.47. The maximum Gasteiger partial charge on any atom is 0.128 e. The molecule has 1 aromatic heterocycles. The Morgan fingerprint density at radius 1 is 1.47 bits per heavy atom. The molecule has 0 aliphatic rings. The standard InChI is InChI=1S/C14H17ClFN3/c1-3-10(17)7-11-13(16)5-4-6-14(11)19-8-12(15)9(2)18-19/h4-6,8,10H,3,7,17H2,1-2H3. The number of aromatic nitrogens is 2. The van der Waals surface area contributed by atoms with Gasteiger partial charge in [0.05, 0.1) is 16.4 Å². The first-order valence-electron chi connectivity index (χ1n) is 6.28. The Morgan fingerprint density at radius 2 is 2.21 bits per heavy atom. The van der Waals surface area contributed by atoms with Crippen molar-refractivity contribution in [3.63, 3.8) is 0 Å². The van der Waals surface area contributed by atoms with Crippen LogP contribution in [0.3, 0.4) is 0 Å². The van der Waals surface area contributed by atoms with Crippen LogP contribution in [-0.2, 0) is 6.42 Å². The summed E-state index contributed by atoms with van der Waals surface area (Å²) in [6.07, 6.45) is 2.97. The molecule has 0 saturated heterocycles. The Bertz CT molecular complexity index is 561. The zero-order valence-electron chi connectivity index (χ0n) is 11.0. The summed E-state index contributed by atoms with van der Waals surface area (Å²) in [7, 11) is 0. The second kappa shape index (κ2) is 5.72. The van der Waals surface area contributed by atoms with Gasteiger partial charge in [-0.2, -0.15) is 5.10 Å². The second-order valence-electron chi connectivity index (χ2n) is 4.62. The molecule has 0 saturated carbocycles. The highest BCUT2D eigenvalue weighted by Crippen LogP contribution is 2.22. The van der Waals surface area contributed by atoms with E-state index in [2.05, 4.69) is 5.10 Å². The first-order chi connectivity index (χ1) is 9.02. The van der Waals surface area contributed by atoms with Gasteiger partial charge in [0.15, 0.2) is 0 Å². The molecular weight excluding hydrogens is 265 g/mol. The Morgan fingerprint density at radius 3 is 2.79 bits per heavy atom. The van der Waals surface area contributed by atoms with Gasteiger partial charge in [0.1, 0.15) is 5.82 Å². The molecule has 0 aliphatic heterocycles. The third-order valence-corrected chi connectivity index (χ3v) is 3.54. The van der Waals surface area contributed by atoms with Crippen LogP contribution in [0.2, 0.25) is 5.02 Å². The largest absolute Gasteiger partial charge is 0.327 e. The van der Waals surface area contributed by atoms with Crippen LogP contribution >= 0.6 is 11.6 Å². The number of nitrogens with two attached hydrogens (primary N) is 1. The van der Waals surface area contributed by atoms with E-state index in [1.54, 1.807) is 16.9 Å². The maximum atomic E-state index is 14.0. The number of hydrogen-bond donors (Lipinski definition) is 1.